The maximum absolute atomic E-state index is 10.9. The Balaban J connectivity index is 2.36. The number of primary amides is 1. The molecule has 58 valence electrons. The van der Waals surface area contributed by atoms with Gasteiger partial charge in [0.25, 0.3) is 0 Å². The fourth-order valence-corrected chi connectivity index (χ4v) is 1.07. The molecule has 0 atom stereocenters. The van der Waals surface area contributed by atoms with Crippen LogP contribution in [0.15, 0.2) is 0 Å². The molecule has 0 spiro atoms. The van der Waals surface area contributed by atoms with Gasteiger partial charge in [-0.05, 0) is 12.8 Å². The minimum atomic E-state index is -0.604. The summed E-state index contributed by atoms with van der Waals surface area (Å²) in [5, 5.41) is 13.1. The second-order valence-corrected chi connectivity index (χ2v) is 2.68. The zero-order valence-corrected chi connectivity index (χ0v) is 5.74. The lowest BCUT2D eigenvalue weighted by atomic mass is 10.1. The Bertz CT molecular complexity index is 275. The SMILES string of the molecule is NC(=O)C1(c2nn[nH]n2)CC1. The third kappa shape index (κ3) is 0.719. The number of hydrogen-bond acceptors (Lipinski definition) is 4. The van der Waals surface area contributed by atoms with Crippen LogP contribution in [0, 0.1) is 0 Å². The molecule has 1 aliphatic carbocycles. The Morgan fingerprint density at radius 2 is 2.36 bits per heavy atom. The predicted molar refractivity (Wildman–Crippen MR) is 34.3 cm³/mol. The molecule has 0 aromatic carbocycles. The van der Waals surface area contributed by atoms with Gasteiger partial charge in [-0.2, -0.15) is 5.21 Å². The molecule has 6 heteroatoms. The van der Waals surface area contributed by atoms with Gasteiger partial charge in [0, 0.05) is 0 Å². The summed E-state index contributed by atoms with van der Waals surface area (Å²) >= 11 is 0. The number of nitrogens with two attached hydrogens (primary N) is 1. The van der Waals surface area contributed by atoms with Crippen molar-refractivity contribution >= 4 is 5.91 Å². The third-order valence-electron chi connectivity index (χ3n) is 2.00. The Hall–Kier alpha value is -1.46. The fourth-order valence-electron chi connectivity index (χ4n) is 1.07. The van der Waals surface area contributed by atoms with Gasteiger partial charge in [0.15, 0.2) is 5.82 Å². The van der Waals surface area contributed by atoms with E-state index < -0.39 is 5.41 Å². The lowest BCUT2D eigenvalue weighted by Gasteiger charge is -2.01. The van der Waals surface area contributed by atoms with E-state index in [0.717, 1.165) is 12.8 Å². The van der Waals surface area contributed by atoms with Gasteiger partial charge in [-0.15, -0.1) is 10.2 Å². The van der Waals surface area contributed by atoms with Crippen molar-refractivity contribution in [1.29, 1.82) is 0 Å². The van der Waals surface area contributed by atoms with Crippen molar-refractivity contribution in [3.8, 4) is 0 Å². The molecule has 1 aromatic rings. The second-order valence-electron chi connectivity index (χ2n) is 2.68. The van der Waals surface area contributed by atoms with E-state index >= 15 is 0 Å². The molecule has 2 rings (SSSR count). The molecular formula is C5H7N5O. The van der Waals surface area contributed by atoms with Crippen molar-refractivity contribution in [1.82, 2.24) is 20.6 Å². The van der Waals surface area contributed by atoms with Crippen molar-refractivity contribution in [3.05, 3.63) is 5.82 Å². The lowest BCUT2D eigenvalue weighted by Crippen LogP contribution is -2.29. The highest BCUT2D eigenvalue weighted by atomic mass is 16.1. The zero-order chi connectivity index (χ0) is 7.90. The number of tetrazole rings is 1. The van der Waals surface area contributed by atoms with Gasteiger partial charge >= 0.3 is 0 Å². The average Bonchev–Trinajstić information content (AvgIpc) is 2.61. The lowest BCUT2D eigenvalue weighted by molar-refractivity contribution is -0.120. The molecule has 11 heavy (non-hydrogen) atoms. The Morgan fingerprint density at radius 3 is 2.73 bits per heavy atom. The van der Waals surface area contributed by atoms with Crippen molar-refractivity contribution in [2.75, 3.05) is 0 Å². The molecule has 6 nitrogen and oxygen atoms in total. The average molecular weight is 153 g/mol. The van der Waals surface area contributed by atoms with Crippen LogP contribution in [0.5, 0.6) is 0 Å². The number of aromatic amines is 1. The molecule has 0 radical (unpaired) electrons. The molecule has 1 heterocycles. The van der Waals surface area contributed by atoms with Crippen LogP contribution < -0.4 is 5.73 Å². The van der Waals surface area contributed by atoms with E-state index in [0.29, 0.717) is 5.82 Å². The number of carbonyl (C=O) groups excluding carboxylic acids is 1. The first kappa shape index (κ1) is 6.26. The van der Waals surface area contributed by atoms with Gasteiger partial charge in [-0.1, -0.05) is 5.21 Å². The monoisotopic (exact) mass is 153 g/mol. The largest absolute Gasteiger partial charge is 0.369 e. The molecule has 1 aliphatic rings. The van der Waals surface area contributed by atoms with E-state index in [2.05, 4.69) is 20.6 Å². The highest BCUT2D eigenvalue weighted by Crippen LogP contribution is 2.45. The maximum Gasteiger partial charge on any atom is 0.231 e. The van der Waals surface area contributed by atoms with Crippen LogP contribution in [-0.2, 0) is 10.2 Å². The number of amides is 1. The number of nitrogens with zero attached hydrogens (tertiary/aromatic N) is 3. The van der Waals surface area contributed by atoms with E-state index in [1.165, 1.54) is 0 Å². The van der Waals surface area contributed by atoms with E-state index in [1.54, 1.807) is 0 Å². The van der Waals surface area contributed by atoms with Crippen LogP contribution in [0.2, 0.25) is 0 Å². The van der Waals surface area contributed by atoms with Gasteiger partial charge in [0.1, 0.15) is 5.41 Å². The summed E-state index contributed by atoms with van der Waals surface area (Å²) in [7, 11) is 0. The number of hydrogen-bond donors (Lipinski definition) is 2. The fraction of sp³-hybridized carbons (Fsp3) is 0.600. The van der Waals surface area contributed by atoms with Crippen LogP contribution in [0.4, 0.5) is 0 Å². The van der Waals surface area contributed by atoms with Gasteiger partial charge < -0.3 is 5.73 Å². The Morgan fingerprint density at radius 1 is 1.64 bits per heavy atom. The van der Waals surface area contributed by atoms with Crippen LogP contribution >= 0.6 is 0 Å². The van der Waals surface area contributed by atoms with E-state index in [9.17, 15) is 4.79 Å². The van der Waals surface area contributed by atoms with E-state index in [-0.39, 0.29) is 5.91 Å². The van der Waals surface area contributed by atoms with Crippen LogP contribution in [0.25, 0.3) is 0 Å². The number of H-pyrrole nitrogens is 1. The Kier molecular flexibility index (Phi) is 1.01. The standard InChI is InChI=1S/C5H7N5O/c6-3(11)5(1-2-5)4-7-9-10-8-4/h1-2H2,(H2,6,11)(H,7,8,9,10). The molecule has 1 aromatic heterocycles. The van der Waals surface area contributed by atoms with Crippen molar-refractivity contribution in [3.63, 3.8) is 0 Å². The van der Waals surface area contributed by atoms with Gasteiger partial charge in [-0.25, -0.2) is 0 Å². The van der Waals surface area contributed by atoms with E-state index in [1.807, 2.05) is 0 Å². The summed E-state index contributed by atoms with van der Waals surface area (Å²) in [4.78, 5) is 10.9. The highest BCUT2D eigenvalue weighted by Gasteiger charge is 2.53. The van der Waals surface area contributed by atoms with Crippen molar-refractivity contribution in [2.24, 2.45) is 5.73 Å². The third-order valence-corrected chi connectivity index (χ3v) is 2.00. The van der Waals surface area contributed by atoms with Gasteiger partial charge in [0.2, 0.25) is 5.91 Å². The molecule has 0 aliphatic heterocycles. The zero-order valence-electron chi connectivity index (χ0n) is 5.74. The minimum Gasteiger partial charge on any atom is -0.369 e. The first-order valence-corrected chi connectivity index (χ1v) is 3.29. The summed E-state index contributed by atoms with van der Waals surface area (Å²) in [5.41, 5.74) is 4.56. The first-order valence-electron chi connectivity index (χ1n) is 3.29. The smallest absolute Gasteiger partial charge is 0.231 e. The first-order chi connectivity index (χ1) is 5.26. The summed E-state index contributed by atoms with van der Waals surface area (Å²) < 4.78 is 0. The number of rotatable bonds is 2. The summed E-state index contributed by atoms with van der Waals surface area (Å²) in [6.07, 6.45) is 1.48. The second kappa shape index (κ2) is 1.77. The molecule has 1 amide bonds. The quantitative estimate of drug-likeness (QED) is 0.552. The molecule has 0 unspecified atom stereocenters. The Labute approximate surface area is 62.2 Å². The van der Waals surface area contributed by atoms with Crippen molar-refractivity contribution < 1.29 is 4.79 Å². The number of nitrogens with one attached hydrogen (secondary N) is 1. The van der Waals surface area contributed by atoms with Crippen LogP contribution in [0.1, 0.15) is 18.7 Å². The molecule has 1 fully saturated rings. The topological polar surface area (TPSA) is 97.5 Å². The number of carbonyl (C=O) groups is 1. The van der Waals surface area contributed by atoms with Gasteiger partial charge in [-0.3, -0.25) is 4.79 Å². The minimum absolute atomic E-state index is 0.362. The maximum atomic E-state index is 10.9. The molecule has 1 saturated carbocycles. The highest BCUT2D eigenvalue weighted by molar-refractivity contribution is 5.88. The normalized spacial score (nSPS) is 19.6. The van der Waals surface area contributed by atoms with Crippen molar-refractivity contribution in [2.45, 2.75) is 18.3 Å². The summed E-state index contributed by atoms with van der Waals surface area (Å²) in [6, 6.07) is 0. The molecule has 0 bridgehead atoms. The van der Waals surface area contributed by atoms with Crippen LogP contribution in [0.3, 0.4) is 0 Å². The molecule has 0 saturated heterocycles. The number of aromatic nitrogens is 4. The molecule has 3 N–H and O–H groups in total. The predicted octanol–water partition coefficient (Wildman–Crippen LogP) is -1.28. The van der Waals surface area contributed by atoms with E-state index in [4.69, 9.17) is 5.73 Å². The van der Waals surface area contributed by atoms with Gasteiger partial charge in [0.05, 0.1) is 0 Å². The summed E-state index contributed by atoms with van der Waals surface area (Å²) in [6.45, 7) is 0. The molecular weight excluding hydrogens is 146 g/mol. The van der Waals surface area contributed by atoms with Crippen LogP contribution in [-0.4, -0.2) is 26.5 Å². The summed E-state index contributed by atoms with van der Waals surface area (Å²) in [5.74, 6) is 0.0592.